The van der Waals surface area contributed by atoms with Gasteiger partial charge >= 0.3 is 12.1 Å². The van der Waals surface area contributed by atoms with E-state index in [1.165, 1.54) is 18.2 Å². The molecule has 27 heavy (non-hydrogen) atoms. The van der Waals surface area contributed by atoms with E-state index in [0.717, 1.165) is 12.1 Å². The molecular formula is C19H21F3NO3P. The van der Waals surface area contributed by atoms with Gasteiger partial charge in [0.2, 0.25) is 0 Å². The van der Waals surface area contributed by atoms with Gasteiger partial charge < -0.3 is 14.6 Å². The zero-order chi connectivity index (χ0) is 20.2. The third kappa shape index (κ3) is 5.60. The van der Waals surface area contributed by atoms with Crippen LogP contribution in [0, 0.1) is 0 Å². The van der Waals surface area contributed by atoms with Crippen LogP contribution >= 0.6 is 7.14 Å². The molecule has 2 aromatic carbocycles. The molecule has 0 fully saturated rings. The van der Waals surface area contributed by atoms with Gasteiger partial charge in [-0.2, -0.15) is 13.2 Å². The van der Waals surface area contributed by atoms with Gasteiger partial charge in [-0.25, -0.2) is 4.79 Å². The minimum Gasteiger partial charge on any atom is -0.451 e. The van der Waals surface area contributed by atoms with Gasteiger partial charge in [-0.15, -0.1) is 0 Å². The molecule has 0 saturated carbocycles. The number of nitrogens with one attached hydrogen (secondary N) is 1. The van der Waals surface area contributed by atoms with E-state index in [0.29, 0.717) is 12.1 Å². The van der Waals surface area contributed by atoms with Gasteiger partial charge in [-0.1, -0.05) is 25.1 Å². The van der Waals surface area contributed by atoms with Crippen molar-refractivity contribution < 1.29 is 27.3 Å². The summed E-state index contributed by atoms with van der Waals surface area (Å²) in [5.41, 5.74) is -0.147. The molecule has 0 aliphatic heterocycles. The minimum atomic E-state index is -4.46. The molecule has 0 aliphatic rings. The van der Waals surface area contributed by atoms with Gasteiger partial charge in [0.1, 0.15) is 7.14 Å². The molecule has 0 saturated heterocycles. The summed E-state index contributed by atoms with van der Waals surface area (Å²) < 4.78 is 56.2. The predicted molar refractivity (Wildman–Crippen MR) is 100 cm³/mol. The minimum absolute atomic E-state index is 0.154. The first kappa shape index (κ1) is 21.0. The smallest absolute Gasteiger partial charge is 0.416 e. The van der Waals surface area contributed by atoms with Gasteiger partial charge in [-0.3, -0.25) is 0 Å². The molecule has 0 heterocycles. The number of anilines is 2. The van der Waals surface area contributed by atoms with Gasteiger partial charge in [-0.05, 0) is 50.1 Å². The molecule has 2 aromatic rings. The van der Waals surface area contributed by atoms with Crippen molar-refractivity contribution >= 4 is 24.5 Å². The number of hydrogen-bond acceptors (Lipinski definition) is 4. The average Bonchev–Trinajstić information content (AvgIpc) is 2.58. The van der Waals surface area contributed by atoms with E-state index in [-0.39, 0.29) is 11.3 Å². The lowest BCUT2D eigenvalue weighted by Crippen LogP contribution is -2.18. The maximum atomic E-state index is 12.9. The largest absolute Gasteiger partial charge is 0.451 e. The molecule has 0 amide bonds. The maximum Gasteiger partial charge on any atom is 0.416 e. The molecule has 1 atom stereocenters. The van der Waals surface area contributed by atoms with Crippen molar-refractivity contribution in [2.45, 2.75) is 25.4 Å². The first-order chi connectivity index (χ1) is 12.5. The highest BCUT2D eigenvalue weighted by Crippen LogP contribution is 2.45. The Balaban J connectivity index is 2.28. The van der Waals surface area contributed by atoms with Crippen LogP contribution in [0.4, 0.5) is 24.5 Å². The van der Waals surface area contributed by atoms with Crippen LogP contribution in [-0.4, -0.2) is 25.1 Å². The molecule has 1 N–H and O–H groups in total. The summed E-state index contributed by atoms with van der Waals surface area (Å²) in [6, 6.07) is 11.0. The summed E-state index contributed by atoms with van der Waals surface area (Å²) in [5.74, 6) is -1.40. The fourth-order valence-electron chi connectivity index (χ4n) is 2.54. The van der Waals surface area contributed by atoms with Crippen molar-refractivity contribution in [2.75, 3.05) is 18.6 Å². The molecule has 0 aromatic heterocycles. The Morgan fingerprint density at radius 2 is 1.81 bits per heavy atom. The molecule has 4 nitrogen and oxygen atoms in total. The second-order valence-electron chi connectivity index (χ2n) is 6.45. The van der Waals surface area contributed by atoms with Crippen LogP contribution in [0.5, 0.6) is 0 Å². The molecule has 0 radical (unpaired) electrons. The lowest BCUT2D eigenvalue weighted by atomic mass is 10.1. The normalized spacial score (nSPS) is 13.1. The van der Waals surface area contributed by atoms with E-state index >= 15 is 0 Å². The first-order valence-electron chi connectivity index (χ1n) is 8.31. The van der Waals surface area contributed by atoms with Gasteiger partial charge in [0.25, 0.3) is 0 Å². The number of ether oxygens (including phenoxy) is 1. The molecule has 8 heteroatoms. The first-order valence-corrected chi connectivity index (χ1v) is 11.0. The van der Waals surface area contributed by atoms with E-state index in [4.69, 9.17) is 4.74 Å². The summed E-state index contributed by atoms with van der Waals surface area (Å²) in [6.45, 7) is 4.85. The fraction of sp³-hybridized carbons (Fsp3) is 0.316. The number of rotatable bonds is 6. The Morgan fingerprint density at radius 1 is 1.15 bits per heavy atom. The zero-order valence-corrected chi connectivity index (χ0v) is 16.1. The zero-order valence-electron chi connectivity index (χ0n) is 15.2. The van der Waals surface area contributed by atoms with Crippen molar-refractivity contribution in [1.82, 2.24) is 0 Å². The van der Waals surface area contributed by atoms with E-state index in [1.54, 1.807) is 38.5 Å². The third-order valence-corrected chi connectivity index (χ3v) is 5.76. The second kappa shape index (κ2) is 8.17. The SMILES string of the molecule is CCC(OC(=O)c1ccccc1Nc1cccc(C(F)(F)F)c1)P(C)(C)=O. The molecule has 2 rings (SSSR count). The van der Waals surface area contributed by atoms with Crippen molar-refractivity contribution in [3.63, 3.8) is 0 Å². The number of halogens is 3. The maximum absolute atomic E-state index is 12.9. The number of carbonyl (C=O) groups excluding carboxylic acids is 1. The molecule has 0 aliphatic carbocycles. The topological polar surface area (TPSA) is 55.4 Å². The monoisotopic (exact) mass is 399 g/mol. The molecule has 1 unspecified atom stereocenters. The van der Waals surface area contributed by atoms with E-state index in [1.807, 2.05) is 0 Å². The van der Waals surface area contributed by atoms with Crippen molar-refractivity contribution in [3.8, 4) is 0 Å². The van der Waals surface area contributed by atoms with E-state index in [9.17, 15) is 22.5 Å². The Hall–Kier alpha value is -2.27. The summed E-state index contributed by atoms with van der Waals surface area (Å²) in [6.07, 6.45) is -4.06. The molecule has 0 spiro atoms. The highest BCUT2D eigenvalue weighted by Gasteiger charge is 2.30. The Bertz CT molecular complexity index is 861. The Labute approximate surface area is 156 Å². The predicted octanol–water partition coefficient (Wildman–Crippen LogP) is 5.96. The van der Waals surface area contributed by atoms with Crippen LogP contribution in [0.1, 0.15) is 29.3 Å². The molecule has 146 valence electrons. The number of hydrogen-bond donors (Lipinski definition) is 1. The van der Waals surface area contributed by atoms with Crippen molar-refractivity contribution in [2.24, 2.45) is 0 Å². The van der Waals surface area contributed by atoms with Crippen LogP contribution in [0.2, 0.25) is 0 Å². The van der Waals surface area contributed by atoms with Crippen LogP contribution in [-0.2, 0) is 15.5 Å². The summed E-state index contributed by atoms with van der Waals surface area (Å²) in [7, 11) is -2.65. The van der Waals surface area contributed by atoms with Crippen molar-refractivity contribution in [1.29, 1.82) is 0 Å². The number of esters is 1. The lowest BCUT2D eigenvalue weighted by Gasteiger charge is -2.21. The summed E-state index contributed by atoms with van der Waals surface area (Å²) in [4.78, 5) is 12.5. The summed E-state index contributed by atoms with van der Waals surface area (Å²) >= 11 is 0. The fourth-order valence-corrected chi connectivity index (χ4v) is 3.76. The lowest BCUT2D eigenvalue weighted by molar-refractivity contribution is -0.137. The van der Waals surface area contributed by atoms with Gasteiger partial charge in [0.05, 0.1) is 16.8 Å². The van der Waals surface area contributed by atoms with Gasteiger partial charge in [0, 0.05) is 5.69 Å². The highest BCUT2D eigenvalue weighted by molar-refractivity contribution is 7.62. The third-order valence-electron chi connectivity index (χ3n) is 3.90. The van der Waals surface area contributed by atoms with Crippen LogP contribution in [0.15, 0.2) is 48.5 Å². The Kier molecular flexibility index (Phi) is 6.37. The Morgan fingerprint density at radius 3 is 2.41 bits per heavy atom. The number of alkyl halides is 3. The summed E-state index contributed by atoms with van der Waals surface area (Å²) in [5, 5.41) is 2.83. The standard InChI is InChI=1S/C19H21F3NO3P/c1-4-17(27(2,3)25)26-18(24)15-10-5-6-11-16(15)23-14-9-7-8-13(12-14)19(20,21)22/h5-12,17,23H,4H2,1-3H3. The molecular weight excluding hydrogens is 378 g/mol. The van der Waals surface area contributed by atoms with Crippen LogP contribution < -0.4 is 5.32 Å². The van der Waals surface area contributed by atoms with Crippen molar-refractivity contribution in [3.05, 3.63) is 59.7 Å². The number of carbonyl (C=O) groups is 1. The van der Waals surface area contributed by atoms with E-state index < -0.39 is 30.7 Å². The average molecular weight is 399 g/mol. The van der Waals surface area contributed by atoms with E-state index in [2.05, 4.69) is 5.32 Å². The number of benzene rings is 2. The quantitative estimate of drug-likeness (QED) is 0.481. The second-order valence-corrected chi connectivity index (χ2v) is 9.90. The van der Waals surface area contributed by atoms with Crippen LogP contribution in [0.3, 0.4) is 0 Å². The number of para-hydroxylation sites is 1. The highest BCUT2D eigenvalue weighted by atomic mass is 31.2. The van der Waals surface area contributed by atoms with Crippen LogP contribution in [0.25, 0.3) is 0 Å². The molecule has 0 bridgehead atoms. The van der Waals surface area contributed by atoms with Gasteiger partial charge in [0.15, 0.2) is 5.85 Å².